The fourth-order valence-electron chi connectivity index (χ4n) is 3.43. The molecule has 1 aromatic heterocycles. The summed E-state index contributed by atoms with van der Waals surface area (Å²) in [7, 11) is -1.11. The first-order chi connectivity index (χ1) is 11.8. The highest BCUT2D eigenvalue weighted by atomic mass is 32.2. The number of hydrogen-bond donors (Lipinski definition) is 1. The van der Waals surface area contributed by atoms with Gasteiger partial charge in [0.1, 0.15) is 0 Å². The second-order valence-corrected chi connectivity index (χ2v) is 8.87. The van der Waals surface area contributed by atoms with Crippen LogP contribution in [0.15, 0.2) is 24.3 Å². The number of benzene rings is 1. The van der Waals surface area contributed by atoms with Crippen molar-refractivity contribution < 1.29 is 13.2 Å². The number of fused-ring (bicyclic) bond motifs is 1. The number of amides is 1. The molecule has 6 nitrogen and oxygen atoms in total. The number of aryl methyl sites for hydroxylation is 2. The number of carbonyl (C=O) groups is 1. The van der Waals surface area contributed by atoms with Gasteiger partial charge in [-0.15, -0.1) is 0 Å². The Labute approximate surface area is 148 Å². The Morgan fingerprint density at radius 2 is 1.92 bits per heavy atom. The molecule has 0 atom stereocenters. The predicted octanol–water partition coefficient (Wildman–Crippen LogP) is 1.77. The summed E-state index contributed by atoms with van der Waals surface area (Å²) < 4.78 is 26.7. The van der Waals surface area contributed by atoms with Gasteiger partial charge in [0.15, 0.2) is 0 Å². The quantitative estimate of drug-likeness (QED) is 0.900. The van der Waals surface area contributed by atoms with E-state index in [9.17, 15) is 13.2 Å². The van der Waals surface area contributed by atoms with Crippen molar-refractivity contribution in [3.63, 3.8) is 0 Å². The molecular formula is C18H25N3O3S. The summed E-state index contributed by atoms with van der Waals surface area (Å²) in [6.45, 7) is 3.41. The lowest BCUT2D eigenvalue weighted by Crippen LogP contribution is -2.42. The van der Waals surface area contributed by atoms with Gasteiger partial charge in [-0.3, -0.25) is 4.79 Å². The summed E-state index contributed by atoms with van der Waals surface area (Å²) in [5.41, 5.74) is 3.45. The third-order valence-corrected chi connectivity index (χ3v) is 6.41. The maximum Gasteiger partial charge on any atom is 0.223 e. The molecule has 25 heavy (non-hydrogen) atoms. The van der Waals surface area contributed by atoms with Gasteiger partial charge in [-0.1, -0.05) is 6.07 Å². The van der Waals surface area contributed by atoms with Crippen molar-refractivity contribution in [2.24, 2.45) is 13.0 Å². The van der Waals surface area contributed by atoms with E-state index in [1.165, 1.54) is 27.2 Å². The molecule has 3 rings (SSSR count). The van der Waals surface area contributed by atoms with Crippen LogP contribution < -0.4 is 5.32 Å². The topological polar surface area (TPSA) is 71.4 Å². The average Bonchev–Trinajstić information content (AvgIpc) is 2.86. The number of rotatable bonds is 4. The van der Waals surface area contributed by atoms with Gasteiger partial charge in [0, 0.05) is 49.2 Å². The lowest BCUT2D eigenvalue weighted by molar-refractivity contribution is -0.126. The molecule has 0 bridgehead atoms. The molecule has 1 aromatic carbocycles. The van der Waals surface area contributed by atoms with Crippen molar-refractivity contribution in [2.45, 2.75) is 26.3 Å². The standard InChI is InChI=1S/C18H25N3O3S/c1-13-10-16-11-14(4-5-17(16)20(13)2)12-19-18(22)15-6-8-21(9-7-15)25(3,23)24/h4-5,10-11,15H,6-9,12H2,1-3H3,(H,19,22). The first kappa shape index (κ1) is 17.9. The first-order valence-electron chi connectivity index (χ1n) is 8.53. The summed E-state index contributed by atoms with van der Waals surface area (Å²) >= 11 is 0. The summed E-state index contributed by atoms with van der Waals surface area (Å²) in [5.74, 6) is -0.0989. The molecule has 0 saturated carbocycles. The van der Waals surface area contributed by atoms with E-state index < -0.39 is 10.0 Å². The van der Waals surface area contributed by atoms with Gasteiger partial charge < -0.3 is 9.88 Å². The van der Waals surface area contributed by atoms with E-state index >= 15 is 0 Å². The monoisotopic (exact) mass is 363 g/mol. The summed E-state index contributed by atoms with van der Waals surface area (Å²) in [6.07, 6.45) is 2.38. The predicted molar refractivity (Wildman–Crippen MR) is 98.6 cm³/mol. The minimum absolute atomic E-state index is 0.0116. The SMILES string of the molecule is Cc1cc2cc(CNC(=O)C3CCN(S(C)(=O)=O)CC3)ccc2n1C. The Bertz CT molecular complexity index is 894. The van der Waals surface area contributed by atoms with Gasteiger partial charge in [0.2, 0.25) is 15.9 Å². The smallest absolute Gasteiger partial charge is 0.223 e. The second-order valence-electron chi connectivity index (χ2n) is 6.89. The van der Waals surface area contributed by atoms with Gasteiger partial charge >= 0.3 is 0 Å². The fourth-order valence-corrected chi connectivity index (χ4v) is 4.30. The van der Waals surface area contributed by atoms with Crippen LogP contribution in [0.1, 0.15) is 24.1 Å². The lowest BCUT2D eigenvalue weighted by atomic mass is 9.97. The molecule has 0 aliphatic carbocycles. The van der Waals surface area contributed by atoms with E-state index in [0.717, 1.165) is 5.56 Å². The van der Waals surface area contributed by atoms with E-state index in [1.807, 2.05) is 13.1 Å². The normalized spacial score (nSPS) is 17.1. The Morgan fingerprint density at radius 3 is 2.56 bits per heavy atom. The number of nitrogens with zero attached hydrogens (tertiary/aromatic N) is 2. The largest absolute Gasteiger partial charge is 0.352 e. The number of nitrogens with one attached hydrogen (secondary N) is 1. The molecular weight excluding hydrogens is 338 g/mol. The lowest BCUT2D eigenvalue weighted by Gasteiger charge is -2.29. The van der Waals surface area contributed by atoms with E-state index in [4.69, 9.17) is 0 Å². The number of hydrogen-bond acceptors (Lipinski definition) is 3. The van der Waals surface area contributed by atoms with Crippen LogP contribution in [0.3, 0.4) is 0 Å². The van der Waals surface area contributed by atoms with Gasteiger partial charge in [-0.05, 0) is 43.5 Å². The van der Waals surface area contributed by atoms with E-state index in [1.54, 1.807) is 0 Å². The third kappa shape index (κ3) is 3.88. The highest BCUT2D eigenvalue weighted by molar-refractivity contribution is 7.88. The van der Waals surface area contributed by atoms with Crippen LogP contribution in [0.2, 0.25) is 0 Å². The maximum atomic E-state index is 12.4. The Hall–Kier alpha value is -1.86. The summed E-state index contributed by atoms with van der Waals surface area (Å²) in [4.78, 5) is 12.4. The van der Waals surface area contributed by atoms with Crippen LogP contribution in [0.5, 0.6) is 0 Å². The molecule has 0 unspecified atom stereocenters. The average molecular weight is 363 g/mol. The van der Waals surface area contributed by atoms with Gasteiger partial charge in [0.05, 0.1) is 6.26 Å². The Morgan fingerprint density at radius 1 is 1.24 bits per heavy atom. The van der Waals surface area contributed by atoms with Crippen LogP contribution in [-0.2, 0) is 28.4 Å². The molecule has 2 aromatic rings. The Balaban J connectivity index is 1.58. The molecule has 1 aliphatic heterocycles. The van der Waals surface area contributed by atoms with Crippen LogP contribution in [0.25, 0.3) is 10.9 Å². The van der Waals surface area contributed by atoms with E-state index in [2.05, 4.69) is 35.0 Å². The Kier molecular flexibility index (Phi) is 4.88. The first-order valence-corrected chi connectivity index (χ1v) is 10.4. The van der Waals surface area contributed by atoms with Crippen LogP contribution >= 0.6 is 0 Å². The zero-order valence-corrected chi connectivity index (χ0v) is 15.8. The van der Waals surface area contributed by atoms with E-state index in [-0.39, 0.29) is 11.8 Å². The maximum absolute atomic E-state index is 12.4. The zero-order chi connectivity index (χ0) is 18.2. The molecule has 7 heteroatoms. The number of piperidine rings is 1. The summed E-state index contributed by atoms with van der Waals surface area (Å²) in [5, 5.41) is 4.17. The van der Waals surface area contributed by atoms with Crippen LogP contribution in [0.4, 0.5) is 0 Å². The van der Waals surface area contributed by atoms with Gasteiger partial charge in [0.25, 0.3) is 0 Å². The number of aromatic nitrogens is 1. The summed E-state index contributed by atoms with van der Waals surface area (Å²) in [6, 6.07) is 8.36. The molecule has 0 spiro atoms. The molecule has 1 amide bonds. The molecule has 1 aliphatic rings. The van der Waals surface area contributed by atoms with Crippen molar-refractivity contribution in [1.29, 1.82) is 0 Å². The van der Waals surface area contributed by atoms with Crippen molar-refractivity contribution in [2.75, 3.05) is 19.3 Å². The van der Waals surface area contributed by atoms with Crippen LogP contribution in [-0.4, -0.2) is 42.5 Å². The van der Waals surface area contributed by atoms with E-state index in [0.29, 0.717) is 32.5 Å². The molecule has 1 N–H and O–H groups in total. The van der Waals surface area contributed by atoms with Gasteiger partial charge in [-0.25, -0.2) is 12.7 Å². The molecule has 1 saturated heterocycles. The molecule has 0 radical (unpaired) electrons. The third-order valence-electron chi connectivity index (χ3n) is 5.11. The van der Waals surface area contributed by atoms with Crippen LogP contribution in [0, 0.1) is 12.8 Å². The number of sulfonamides is 1. The van der Waals surface area contributed by atoms with Crippen molar-refractivity contribution >= 4 is 26.8 Å². The molecule has 136 valence electrons. The highest BCUT2D eigenvalue weighted by Gasteiger charge is 2.28. The molecule has 2 heterocycles. The second kappa shape index (κ2) is 6.80. The van der Waals surface area contributed by atoms with Crippen molar-refractivity contribution in [3.05, 3.63) is 35.5 Å². The van der Waals surface area contributed by atoms with Gasteiger partial charge in [-0.2, -0.15) is 0 Å². The van der Waals surface area contributed by atoms with Crippen molar-refractivity contribution in [3.8, 4) is 0 Å². The minimum Gasteiger partial charge on any atom is -0.352 e. The fraction of sp³-hybridized carbons (Fsp3) is 0.500. The number of carbonyl (C=O) groups excluding carboxylic acids is 1. The molecule has 1 fully saturated rings. The highest BCUT2D eigenvalue weighted by Crippen LogP contribution is 2.21. The van der Waals surface area contributed by atoms with Crippen molar-refractivity contribution in [1.82, 2.24) is 14.2 Å². The zero-order valence-electron chi connectivity index (χ0n) is 14.9. The minimum atomic E-state index is -3.15.